The molecule has 0 bridgehead atoms. The predicted molar refractivity (Wildman–Crippen MR) is 56.2 cm³/mol. The van der Waals surface area contributed by atoms with Gasteiger partial charge in [-0.2, -0.15) is 0 Å². The highest BCUT2D eigenvalue weighted by atomic mass is 19.1. The van der Waals surface area contributed by atoms with Gasteiger partial charge in [0.15, 0.2) is 0 Å². The van der Waals surface area contributed by atoms with Crippen molar-refractivity contribution in [2.75, 3.05) is 6.54 Å². The molecule has 0 aliphatic carbocycles. The van der Waals surface area contributed by atoms with E-state index in [1.165, 1.54) is 6.07 Å². The normalized spacial score (nSPS) is 21.3. The van der Waals surface area contributed by atoms with Gasteiger partial charge in [0, 0.05) is 17.8 Å². The Labute approximate surface area is 83.6 Å². The number of halogens is 1. The van der Waals surface area contributed by atoms with Crippen molar-refractivity contribution in [3.63, 3.8) is 0 Å². The summed E-state index contributed by atoms with van der Waals surface area (Å²) in [4.78, 5) is 0. The Balaban J connectivity index is 2.28. The lowest BCUT2D eigenvalue weighted by atomic mass is 10.0. The Morgan fingerprint density at radius 2 is 2.14 bits per heavy atom. The van der Waals surface area contributed by atoms with Crippen molar-refractivity contribution < 1.29 is 4.39 Å². The highest BCUT2D eigenvalue weighted by Gasteiger charge is 2.12. The van der Waals surface area contributed by atoms with E-state index in [0.717, 1.165) is 18.7 Å². The summed E-state index contributed by atoms with van der Waals surface area (Å²) in [6.07, 6.45) is 3.10. The summed E-state index contributed by atoms with van der Waals surface area (Å²) in [5.74, 6) is 0.492. The van der Waals surface area contributed by atoms with E-state index >= 15 is 0 Å². The molecule has 1 heterocycles. The molecule has 0 amide bonds. The molecular formula is C12H14FN. The van der Waals surface area contributed by atoms with Crippen molar-refractivity contribution in [3.8, 4) is 0 Å². The molecule has 1 N–H and O–H groups in total. The van der Waals surface area contributed by atoms with Gasteiger partial charge in [0.05, 0.1) is 0 Å². The second-order valence-corrected chi connectivity index (χ2v) is 3.82. The molecule has 0 fully saturated rings. The molecule has 1 aliphatic heterocycles. The maximum absolute atomic E-state index is 13.4. The average Bonchev–Trinajstić information content (AvgIpc) is 2.20. The van der Waals surface area contributed by atoms with Crippen molar-refractivity contribution in [2.45, 2.75) is 13.3 Å². The molecule has 0 saturated heterocycles. The molecule has 1 aromatic rings. The number of nitrogens with one attached hydrogen (secondary N) is 1. The molecule has 0 aromatic heterocycles. The molecule has 1 aromatic carbocycles. The van der Waals surface area contributed by atoms with Gasteiger partial charge in [-0.05, 0) is 24.5 Å². The minimum atomic E-state index is -0.152. The standard InChI is InChI=1S/C12H14FN/c1-9-6-7-12(14-8-9)10-4-2-3-5-11(10)13/h2-5,7,9,14H,6,8H2,1H3. The van der Waals surface area contributed by atoms with Crippen LogP contribution >= 0.6 is 0 Å². The quantitative estimate of drug-likeness (QED) is 0.719. The fraction of sp³-hybridized carbons (Fsp3) is 0.333. The number of allylic oxidation sites excluding steroid dienone is 1. The van der Waals surface area contributed by atoms with Crippen LogP contribution in [-0.4, -0.2) is 6.54 Å². The number of hydrogen-bond acceptors (Lipinski definition) is 1. The molecule has 1 atom stereocenters. The highest BCUT2D eigenvalue weighted by Crippen LogP contribution is 2.20. The van der Waals surface area contributed by atoms with Gasteiger partial charge in [0.25, 0.3) is 0 Å². The Bertz CT molecular complexity index is 357. The van der Waals surface area contributed by atoms with Crippen LogP contribution in [0.5, 0.6) is 0 Å². The van der Waals surface area contributed by atoms with E-state index in [1.54, 1.807) is 6.07 Å². The van der Waals surface area contributed by atoms with E-state index in [9.17, 15) is 4.39 Å². The van der Waals surface area contributed by atoms with Gasteiger partial charge in [-0.25, -0.2) is 4.39 Å². The van der Waals surface area contributed by atoms with Crippen LogP contribution in [0.15, 0.2) is 30.3 Å². The minimum absolute atomic E-state index is 0.152. The molecule has 1 unspecified atom stereocenters. The topological polar surface area (TPSA) is 12.0 Å². The van der Waals surface area contributed by atoms with E-state index in [4.69, 9.17) is 0 Å². The van der Waals surface area contributed by atoms with Crippen LogP contribution in [0.1, 0.15) is 18.9 Å². The summed E-state index contributed by atoms with van der Waals surface area (Å²) >= 11 is 0. The summed E-state index contributed by atoms with van der Waals surface area (Å²) in [6, 6.07) is 6.88. The van der Waals surface area contributed by atoms with Crippen LogP contribution in [0.2, 0.25) is 0 Å². The van der Waals surface area contributed by atoms with Gasteiger partial charge in [-0.15, -0.1) is 0 Å². The fourth-order valence-electron chi connectivity index (χ4n) is 1.64. The number of hydrogen-bond donors (Lipinski definition) is 1. The van der Waals surface area contributed by atoms with E-state index < -0.39 is 0 Å². The Morgan fingerprint density at radius 1 is 1.36 bits per heavy atom. The van der Waals surface area contributed by atoms with Gasteiger partial charge in [-0.1, -0.05) is 25.1 Å². The van der Waals surface area contributed by atoms with Gasteiger partial charge in [-0.3, -0.25) is 0 Å². The monoisotopic (exact) mass is 191 g/mol. The van der Waals surface area contributed by atoms with Gasteiger partial charge >= 0.3 is 0 Å². The molecule has 74 valence electrons. The molecule has 0 saturated carbocycles. The SMILES string of the molecule is CC1CC=C(c2ccccc2F)NC1. The van der Waals surface area contributed by atoms with Crippen molar-refractivity contribution in [1.82, 2.24) is 5.32 Å². The van der Waals surface area contributed by atoms with Crippen LogP contribution in [-0.2, 0) is 0 Å². The zero-order valence-electron chi connectivity index (χ0n) is 8.26. The second kappa shape index (κ2) is 3.82. The number of benzene rings is 1. The van der Waals surface area contributed by atoms with Crippen molar-refractivity contribution >= 4 is 5.70 Å². The van der Waals surface area contributed by atoms with Crippen LogP contribution in [0.4, 0.5) is 4.39 Å². The van der Waals surface area contributed by atoms with Crippen molar-refractivity contribution in [3.05, 3.63) is 41.7 Å². The maximum Gasteiger partial charge on any atom is 0.132 e. The van der Waals surface area contributed by atoms with E-state index in [1.807, 2.05) is 12.1 Å². The largest absolute Gasteiger partial charge is 0.384 e. The minimum Gasteiger partial charge on any atom is -0.384 e. The first kappa shape index (κ1) is 9.25. The van der Waals surface area contributed by atoms with Gasteiger partial charge < -0.3 is 5.32 Å². The summed E-state index contributed by atoms with van der Waals surface area (Å²) in [5.41, 5.74) is 1.61. The molecule has 1 nitrogen and oxygen atoms in total. The molecule has 2 heteroatoms. The maximum atomic E-state index is 13.4. The van der Waals surface area contributed by atoms with E-state index in [-0.39, 0.29) is 5.82 Å². The summed E-state index contributed by atoms with van der Waals surface area (Å²) in [5, 5.41) is 3.25. The zero-order chi connectivity index (χ0) is 9.97. The summed E-state index contributed by atoms with van der Waals surface area (Å²) in [7, 11) is 0. The third-order valence-electron chi connectivity index (χ3n) is 2.53. The summed E-state index contributed by atoms with van der Waals surface area (Å²) < 4.78 is 13.4. The fourth-order valence-corrected chi connectivity index (χ4v) is 1.64. The molecule has 0 radical (unpaired) electrons. The van der Waals surface area contributed by atoms with Crippen molar-refractivity contribution in [2.24, 2.45) is 5.92 Å². The molecule has 14 heavy (non-hydrogen) atoms. The first-order valence-electron chi connectivity index (χ1n) is 4.96. The lowest BCUT2D eigenvalue weighted by Crippen LogP contribution is -2.24. The average molecular weight is 191 g/mol. The zero-order valence-corrected chi connectivity index (χ0v) is 8.26. The number of rotatable bonds is 1. The third-order valence-corrected chi connectivity index (χ3v) is 2.53. The Hall–Kier alpha value is -1.31. The predicted octanol–water partition coefficient (Wildman–Crippen LogP) is 2.80. The van der Waals surface area contributed by atoms with Crippen LogP contribution in [0.25, 0.3) is 5.70 Å². The Kier molecular flexibility index (Phi) is 2.53. The summed E-state index contributed by atoms with van der Waals surface area (Å²) in [6.45, 7) is 3.11. The Morgan fingerprint density at radius 3 is 2.79 bits per heavy atom. The first-order valence-corrected chi connectivity index (χ1v) is 4.96. The van der Waals surface area contributed by atoms with Crippen LogP contribution in [0, 0.1) is 11.7 Å². The third kappa shape index (κ3) is 1.79. The van der Waals surface area contributed by atoms with Crippen molar-refractivity contribution in [1.29, 1.82) is 0 Å². The van der Waals surface area contributed by atoms with E-state index in [2.05, 4.69) is 18.3 Å². The lowest BCUT2D eigenvalue weighted by molar-refractivity contribution is 0.546. The van der Waals surface area contributed by atoms with Gasteiger partial charge in [0.2, 0.25) is 0 Å². The first-order chi connectivity index (χ1) is 6.77. The molecule has 2 rings (SSSR count). The van der Waals surface area contributed by atoms with Gasteiger partial charge in [0.1, 0.15) is 5.82 Å². The van der Waals surface area contributed by atoms with Crippen LogP contribution < -0.4 is 5.32 Å². The molecule has 1 aliphatic rings. The second-order valence-electron chi connectivity index (χ2n) is 3.82. The smallest absolute Gasteiger partial charge is 0.132 e. The van der Waals surface area contributed by atoms with Crippen LogP contribution in [0.3, 0.4) is 0 Å². The van der Waals surface area contributed by atoms with E-state index in [0.29, 0.717) is 11.5 Å². The molecular weight excluding hydrogens is 177 g/mol. The molecule has 0 spiro atoms. The lowest BCUT2D eigenvalue weighted by Gasteiger charge is -2.21. The highest BCUT2D eigenvalue weighted by molar-refractivity contribution is 5.64.